The van der Waals surface area contributed by atoms with Crippen molar-refractivity contribution in [2.45, 2.75) is 37.9 Å². The summed E-state index contributed by atoms with van der Waals surface area (Å²) in [4.78, 5) is 15.8. The quantitative estimate of drug-likeness (QED) is 0.843. The smallest absolute Gasteiger partial charge is 0.368 e. The lowest BCUT2D eigenvalue weighted by atomic mass is 10.1. The maximum atomic E-state index is 13.0. The van der Waals surface area contributed by atoms with Gasteiger partial charge in [0.25, 0.3) is 0 Å². The van der Waals surface area contributed by atoms with Crippen LogP contribution >= 0.6 is 11.6 Å². The predicted octanol–water partition coefficient (Wildman–Crippen LogP) is 4.13. The molecular formula is C17H21ClF3N3O. The highest BCUT2D eigenvalue weighted by molar-refractivity contribution is 6.31. The van der Waals surface area contributed by atoms with Crippen molar-refractivity contribution >= 4 is 23.3 Å². The molecule has 3 rings (SSSR count). The van der Waals surface area contributed by atoms with Gasteiger partial charge in [-0.3, -0.25) is 0 Å². The van der Waals surface area contributed by atoms with E-state index in [1.807, 2.05) is 4.90 Å². The highest BCUT2D eigenvalue weighted by atomic mass is 35.5. The van der Waals surface area contributed by atoms with E-state index in [2.05, 4.69) is 5.32 Å². The molecular weight excluding hydrogens is 355 g/mol. The van der Waals surface area contributed by atoms with Crippen molar-refractivity contribution in [2.75, 3.05) is 31.1 Å². The fourth-order valence-electron chi connectivity index (χ4n) is 3.43. The summed E-state index contributed by atoms with van der Waals surface area (Å²) in [6.07, 6.45) is -0.128. The molecule has 2 aliphatic rings. The number of rotatable bonds is 2. The summed E-state index contributed by atoms with van der Waals surface area (Å²) in [5.41, 5.74) is -0.347. The van der Waals surface area contributed by atoms with Gasteiger partial charge in [0.15, 0.2) is 0 Å². The third-order valence-corrected chi connectivity index (χ3v) is 5.20. The summed E-state index contributed by atoms with van der Waals surface area (Å²) in [5, 5.41) is 2.74. The van der Waals surface area contributed by atoms with E-state index in [4.69, 9.17) is 11.6 Å². The summed E-state index contributed by atoms with van der Waals surface area (Å²) in [6.45, 7) is 1.97. The lowest BCUT2D eigenvalue weighted by Crippen LogP contribution is -2.53. The summed E-state index contributed by atoms with van der Waals surface area (Å²) in [5.74, 6) is 0. The topological polar surface area (TPSA) is 35.6 Å². The fraction of sp³-hybridized carbons (Fsp3) is 0.588. The Kier molecular flexibility index (Phi) is 5.32. The van der Waals surface area contributed by atoms with Crippen molar-refractivity contribution in [1.29, 1.82) is 0 Å². The minimum Gasteiger partial charge on any atom is -0.368 e. The SMILES string of the molecule is O=C(NC1CCCC1)N1CCN(c2ccc(Cl)c(C(F)(F)F)c2)CC1. The van der Waals surface area contributed by atoms with Crippen molar-refractivity contribution in [3.63, 3.8) is 0 Å². The first-order chi connectivity index (χ1) is 11.8. The van der Waals surface area contributed by atoms with E-state index in [1.165, 1.54) is 6.07 Å². The number of nitrogens with one attached hydrogen (secondary N) is 1. The van der Waals surface area contributed by atoms with Gasteiger partial charge in [0.1, 0.15) is 0 Å². The zero-order valence-electron chi connectivity index (χ0n) is 13.8. The first kappa shape index (κ1) is 18.2. The number of alkyl halides is 3. The van der Waals surface area contributed by atoms with Gasteiger partial charge in [0, 0.05) is 37.9 Å². The number of nitrogens with zero attached hydrogens (tertiary/aromatic N) is 2. The molecule has 0 bridgehead atoms. The largest absolute Gasteiger partial charge is 0.417 e. The Morgan fingerprint density at radius 1 is 1.12 bits per heavy atom. The molecule has 0 radical (unpaired) electrons. The van der Waals surface area contributed by atoms with E-state index < -0.39 is 11.7 Å². The monoisotopic (exact) mass is 375 g/mol. The minimum absolute atomic E-state index is 0.0707. The molecule has 1 aromatic carbocycles. The lowest BCUT2D eigenvalue weighted by Gasteiger charge is -2.36. The van der Waals surface area contributed by atoms with Gasteiger partial charge in [-0.05, 0) is 31.0 Å². The first-order valence-corrected chi connectivity index (χ1v) is 8.89. The van der Waals surface area contributed by atoms with Crippen LogP contribution in [0.1, 0.15) is 31.2 Å². The van der Waals surface area contributed by atoms with Crippen LogP contribution in [-0.2, 0) is 6.18 Å². The zero-order chi connectivity index (χ0) is 18.0. The molecule has 1 saturated heterocycles. The molecule has 8 heteroatoms. The van der Waals surface area contributed by atoms with Crippen molar-refractivity contribution in [3.8, 4) is 0 Å². The van der Waals surface area contributed by atoms with Gasteiger partial charge in [-0.2, -0.15) is 13.2 Å². The molecule has 1 aliphatic heterocycles. The maximum absolute atomic E-state index is 13.0. The molecule has 1 heterocycles. The summed E-state index contributed by atoms with van der Waals surface area (Å²) < 4.78 is 39.0. The minimum atomic E-state index is -4.48. The third-order valence-electron chi connectivity index (χ3n) is 4.87. The van der Waals surface area contributed by atoms with E-state index in [9.17, 15) is 18.0 Å². The second-order valence-electron chi connectivity index (χ2n) is 6.57. The molecule has 25 heavy (non-hydrogen) atoms. The Morgan fingerprint density at radius 2 is 1.76 bits per heavy atom. The molecule has 0 aromatic heterocycles. The molecule has 138 valence electrons. The Morgan fingerprint density at radius 3 is 2.36 bits per heavy atom. The van der Waals surface area contributed by atoms with E-state index >= 15 is 0 Å². The number of benzene rings is 1. The lowest BCUT2D eigenvalue weighted by molar-refractivity contribution is -0.137. The Labute approximate surface area is 149 Å². The number of urea groups is 1. The van der Waals surface area contributed by atoms with Crippen LogP contribution in [0.3, 0.4) is 0 Å². The Hall–Kier alpha value is -1.63. The molecule has 4 nitrogen and oxygen atoms in total. The predicted molar refractivity (Wildman–Crippen MR) is 91.0 cm³/mol. The first-order valence-electron chi connectivity index (χ1n) is 8.52. The number of halogens is 4. The molecule has 1 aromatic rings. The van der Waals surface area contributed by atoms with Crippen LogP contribution in [0.2, 0.25) is 5.02 Å². The number of carbonyl (C=O) groups excluding carboxylic acids is 1. The van der Waals surface area contributed by atoms with Crippen molar-refractivity contribution in [3.05, 3.63) is 28.8 Å². The van der Waals surface area contributed by atoms with Gasteiger partial charge in [0.05, 0.1) is 10.6 Å². The van der Waals surface area contributed by atoms with Crippen molar-refractivity contribution in [1.82, 2.24) is 10.2 Å². The average molecular weight is 376 g/mol. The van der Waals surface area contributed by atoms with Crippen LogP contribution in [0.25, 0.3) is 0 Å². The standard InChI is InChI=1S/C17H21ClF3N3O/c18-15-6-5-13(11-14(15)17(19,20)21)23-7-9-24(10-8-23)16(25)22-12-3-1-2-4-12/h5-6,11-12H,1-4,7-10H2,(H,22,25). The molecule has 2 amide bonds. The van der Waals surface area contributed by atoms with Crippen LogP contribution in [0, 0.1) is 0 Å². The maximum Gasteiger partial charge on any atom is 0.417 e. The molecule has 1 aliphatic carbocycles. The molecule has 0 unspecified atom stereocenters. The summed E-state index contributed by atoms with van der Waals surface area (Å²) in [6, 6.07) is 4.14. The molecule has 1 saturated carbocycles. The van der Waals surface area contributed by atoms with Crippen LogP contribution in [0.5, 0.6) is 0 Å². The highest BCUT2D eigenvalue weighted by Crippen LogP contribution is 2.37. The normalized spacial score (nSPS) is 19.4. The second kappa shape index (κ2) is 7.32. The molecule has 2 fully saturated rings. The number of carbonyl (C=O) groups is 1. The van der Waals surface area contributed by atoms with Gasteiger partial charge in [-0.1, -0.05) is 24.4 Å². The molecule has 1 N–H and O–H groups in total. The van der Waals surface area contributed by atoms with Crippen LogP contribution in [0.4, 0.5) is 23.7 Å². The average Bonchev–Trinajstić information content (AvgIpc) is 3.07. The Bertz CT molecular complexity index is 624. The van der Waals surface area contributed by atoms with E-state index in [0.717, 1.165) is 31.7 Å². The zero-order valence-corrected chi connectivity index (χ0v) is 14.5. The number of piperazine rings is 1. The fourth-order valence-corrected chi connectivity index (χ4v) is 3.66. The van der Waals surface area contributed by atoms with E-state index in [1.54, 1.807) is 11.0 Å². The van der Waals surface area contributed by atoms with Crippen molar-refractivity contribution in [2.24, 2.45) is 0 Å². The van der Waals surface area contributed by atoms with Crippen LogP contribution < -0.4 is 10.2 Å². The third kappa shape index (κ3) is 4.32. The van der Waals surface area contributed by atoms with E-state index in [-0.39, 0.29) is 17.1 Å². The van der Waals surface area contributed by atoms with Gasteiger partial charge < -0.3 is 15.1 Å². The van der Waals surface area contributed by atoms with Crippen LogP contribution in [-0.4, -0.2) is 43.2 Å². The number of hydrogen-bond donors (Lipinski definition) is 1. The highest BCUT2D eigenvalue weighted by Gasteiger charge is 2.34. The Balaban J connectivity index is 1.59. The van der Waals surface area contributed by atoms with Crippen molar-refractivity contribution < 1.29 is 18.0 Å². The van der Waals surface area contributed by atoms with Gasteiger partial charge >= 0.3 is 12.2 Å². The number of anilines is 1. The number of hydrogen-bond acceptors (Lipinski definition) is 2. The van der Waals surface area contributed by atoms with Gasteiger partial charge in [-0.25, -0.2) is 4.79 Å². The van der Waals surface area contributed by atoms with Gasteiger partial charge in [0.2, 0.25) is 0 Å². The van der Waals surface area contributed by atoms with Crippen LogP contribution in [0.15, 0.2) is 18.2 Å². The second-order valence-corrected chi connectivity index (χ2v) is 6.97. The number of amides is 2. The summed E-state index contributed by atoms with van der Waals surface area (Å²) >= 11 is 5.67. The van der Waals surface area contributed by atoms with Gasteiger partial charge in [-0.15, -0.1) is 0 Å². The molecule has 0 atom stereocenters. The summed E-state index contributed by atoms with van der Waals surface area (Å²) in [7, 11) is 0. The molecule has 0 spiro atoms. The van der Waals surface area contributed by atoms with E-state index in [0.29, 0.717) is 31.9 Å².